The lowest BCUT2D eigenvalue weighted by molar-refractivity contribution is 0.112. The van der Waals surface area contributed by atoms with Crippen molar-refractivity contribution in [3.05, 3.63) is 35.6 Å². The summed E-state index contributed by atoms with van der Waals surface area (Å²) in [5.74, 6) is -0.212. The lowest BCUT2D eigenvalue weighted by Gasteiger charge is -2.31. The Balaban J connectivity index is 2.61. The third-order valence-corrected chi connectivity index (χ3v) is 4.07. The highest BCUT2D eigenvalue weighted by Gasteiger charge is 2.17. The van der Waals surface area contributed by atoms with Crippen molar-refractivity contribution < 1.29 is 9.13 Å². The summed E-state index contributed by atoms with van der Waals surface area (Å²) in [6.07, 6.45) is 2.96. The van der Waals surface area contributed by atoms with Gasteiger partial charge in [-0.3, -0.25) is 4.90 Å². The molecule has 0 radical (unpaired) electrons. The SMILES string of the molecule is CCC(CC)N(CCOC)CCC(N)c1ccccc1F. The lowest BCUT2D eigenvalue weighted by atomic mass is 10.0. The number of halogens is 1. The number of hydrogen-bond acceptors (Lipinski definition) is 3. The zero-order valence-corrected chi connectivity index (χ0v) is 13.5. The summed E-state index contributed by atoms with van der Waals surface area (Å²) in [5, 5.41) is 0. The monoisotopic (exact) mass is 296 g/mol. The highest BCUT2D eigenvalue weighted by molar-refractivity contribution is 5.20. The molecule has 1 atom stereocenters. The molecule has 1 aromatic rings. The summed E-state index contributed by atoms with van der Waals surface area (Å²) < 4.78 is 18.9. The van der Waals surface area contributed by atoms with E-state index in [1.807, 2.05) is 6.07 Å². The van der Waals surface area contributed by atoms with E-state index in [9.17, 15) is 4.39 Å². The van der Waals surface area contributed by atoms with Gasteiger partial charge in [0.25, 0.3) is 0 Å². The zero-order chi connectivity index (χ0) is 15.7. The van der Waals surface area contributed by atoms with E-state index in [1.54, 1.807) is 19.2 Å². The fourth-order valence-corrected chi connectivity index (χ4v) is 2.73. The minimum absolute atomic E-state index is 0.212. The maximum atomic E-state index is 13.7. The highest BCUT2D eigenvalue weighted by atomic mass is 19.1. The second kappa shape index (κ2) is 9.87. The number of rotatable bonds is 10. The first-order valence-electron chi connectivity index (χ1n) is 7.86. The minimum Gasteiger partial charge on any atom is -0.383 e. The number of benzene rings is 1. The van der Waals surface area contributed by atoms with Gasteiger partial charge in [-0.05, 0) is 25.3 Å². The van der Waals surface area contributed by atoms with Gasteiger partial charge in [0.05, 0.1) is 6.61 Å². The molecule has 0 aliphatic carbocycles. The van der Waals surface area contributed by atoms with E-state index < -0.39 is 0 Å². The second-order valence-corrected chi connectivity index (χ2v) is 5.42. The molecule has 0 bridgehead atoms. The standard InChI is InChI=1S/C17H29FN2O/c1-4-14(5-2)20(12-13-21-3)11-10-17(19)15-8-6-7-9-16(15)18/h6-9,14,17H,4-5,10-13,19H2,1-3H3. The number of nitrogens with two attached hydrogens (primary N) is 1. The molecule has 2 N–H and O–H groups in total. The molecule has 0 spiro atoms. The Morgan fingerprint density at radius 1 is 1.19 bits per heavy atom. The van der Waals surface area contributed by atoms with E-state index in [4.69, 9.17) is 10.5 Å². The van der Waals surface area contributed by atoms with Gasteiger partial charge >= 0.3 is 0 Å². The molecule has 4 heteroatoms. The van der Waals surface area contributed by atoms with Crippen LogP contribution in [0.4, 0.5) is 4.39 Å². The third-order valence-electron chi connectivity index (χ3n) is 4.07. The van der Waals surface area contributed by atoms with Gasteiger partial charge < -0.3 is 10.5 Å². The fourth-order valence-electron chi connectivity index (χ4n) is 2.73. The van der Waals surface area contributed by atoms with Gasteiger partial charge in [0.2, 0.25) is 0 Å². The highest BCUT2D eigenvalue weighted by Crippen LogP contribution is 2.19. The van der Waals surface area contributed by atoms with Crippen LogP contribution in [0.15, 0.2) is 24.3 Å². The minimum atomic E-state index is -0.259. The third kappa shape index (κ3) is 5.73. The molecule has 0 saturated heterocycles. The summed E-state index contributed by atoms with van der Waals surface area (Å²) >= 11 is 0. The summed E-state index contributed by atoms with van der Waals surface area (Å²) in [7, 11) is 1.72. The molecule has 0 aromatic heterocycles. The quantitative estimate of drug-likeness (QED) is 0.719. The molecule has 0 amide bonds. The predicted molar refractivity (Wildman–Crippen MR) is 85.8 cm³/mol. The van der Waals surface area contributed by atoms with E-state index in [2.05, 4.69) is 18.7 Å². The van der Waals surface area contributed by atoms with E-state index in [0.29, 0.717) is 18.2 Å². The number of hydrogen-bond donors (Lipinski definition) is 1. The normalized spacial score (nSPS) is 13.1. The Labute approximate surface area is 128 Å². The topological polar surface area (TPSA) is 38.5 Å². The zero-order valence-electron chi connectivity index (χ0n) is 13.5. The van der Waals surface area contributed by atoms with Gasteiger partial charge in [0, 0.05) is 37.8 Å². The molecule has 120 valence electrons. The summed E-state index contributed by atoms with van der Waals surface area (Å²) in [6, 6.07) is 7.05. The first-order chi connectivity index (χ1) is 10.1. The van der Waals surface area contributed by atoms with E-state index in [-0.39, 0.29) is 11.9 Å². The number of methoxy groups -OCH3 is 1. The van der Waals surface area contributed by atoms with Gasteiger partial charge in [0.1, 0.15) is 5.82 Å². The van der Waals surface area contributed by atoms with E-state index in [1.165, 1.54) is 6.07 Å². The summed E-state index contributed by atoms with van der Waals surface area (Å²) in [6.45, 7) is 6.87. The molecule has 0 aliphatic rings. The molecular formula is C17H29FN2O. The maximum absolute atomic E-state index is 13.7. The molecular weight excluding hydrogens is 267 g/mol. The van der Waals surface area contributed by atoms with Crippen LogP contribution in [0.3, 0.4) is 0 Å². The Morgan fingerprint density at radius 3 is 2.43 bits per heavy atom. The molecule has 3 nitrogen and oxygen atoms in total. The van der Waals surface area contributed by atoms with Crippen molar-refractivity contribution >= 4 is 0 Å². The molecule has 0 fully saturated rings. The maximum Gasteiger partial charge on any atom is 0.127 e. The smallest absolute Gasteiger partial charge is 0.127 e. The van der Waals surface area contributed by atoms with Gasteiger partial charge in [-0.2, -0.15) is 0 Å². The average Bonchev–Trinajstić information content (AvgIpc) is 2.50. The van der Waals surface area contributed by atoms with Crippen LogP contribution in [0.25, 0.3) is 0 Å². The van der Waals surface area contributed by atoms with Crippen LogP contribution in [0.1, 0.15) is 44.7 Å². The first kappa shape index (κ1) is 18.1. The van der Waals surface area contributed by atoms with Gasteiger partial charge in [-0.1, -0.05) is 32.0 Å². The van der Waals surface area contributed by atoms with Crippen molar-refractivity contribution in [1.29, 1.82) is 0 Å². The van der Waals surface area contributed by atoms with Crippen molar-refractivity contribution in [1.82, 2.24) is 4.90 Å². The van der Waals surface area contributed by atoms with E-state index >= 15 is 0 Å². The summed E-state index contributed by atoms with van der Waals surface area (Å²) in [5.41, 5.74) is 6.76. The first-order valence-corrected chi connectivity index (χ1v) is 7.86. The largest absolute Gasteiger partial charge is 0.383 e. The second-order valence-electron chi connectivity index (χ2n) is 5.42. The van der Waals surface area contributed by atoms with Crippen molar-refractivity contribution in [2.24, 2.45) is 5.73 Å². The number of ether oxygens (including phenoxy) is 1. The Bertz CT molecular complexity index is 396. The van der Waals surface area contributed by atoms with Gasteiger partial charge in [-0.15, -0.1) is 0 Å². The van der Waals surface area contributed by atoms with Crippen LogP contribution < -0.4 is 5.73 Å². The van der Waals surface area contributed by atoms with Crippen LogP contribution in [-0.4, -0.2) is 37.7 Å². The molecule has 1 rings (SSSR count). The molecule has 0 saturated carbocycles. The molecule has 21 heavy (non-hydrogen) atoms. The van der Waals surface area contributed by atoms with Gasteiger partial charge in [-0.25, -0.2) is 4.39 Å². The Morgan fingerprint density at radius 2 is 1.86 bits per heavy atom. The van der Waals surface area contributed by atoms with Crippen molar-refractivity contribution in [3.8, 4) is 0 Å². The van der Waals surface area contributed by atoms with Crippen molar-refractivity contribution in [2.45, 2.75) is 45.2 Å². The van der Waals surface area contributed by atoms with Crippen LogP contribution in [-0.2, 0) is 4.74 Å². The summed E-state index contributed by atoms with van der Waals surface area (Å²) in [4.78, 5) is 2.41. The van der Waals surface area contributed by atoms with Gasteiger partial charge in [0.15, 0.2) is 0 Å². The number of nitrogens with zero attached hydrogens (tertiary/aromatic N) is 1. The van der Waals surface area contributed by atoms with Crippen LogP contribution in [0.5, 0.6) is 0 Å². The van der Waals surface area contributed by atoms with Crippen LogP contribution in [0, 0.1) is 5.82 Å². The van der Waals surface area contributed by atoms with Crippen molar-refractivity contribution in [3.63, 3.8) is 0 Å². The molecule has 1 unspecified atom stereocenters. The molecule has 0 heterocycles. The predicted octanol–water partition coefficient (Wildman–Crippen LogP) is 3.35. The average molecular weight is 296 g/mol. The fraction of sp³-hybridized carbons (Fsp3) is 0.647. The van der Waals surface area contributed by atoms with Crippen molar-refractivity contribution in [2.75, 3.05) is 26.8 Å². The molecule has 0 aliphatic heterocycles. The van der Waals surface area contributed by atoms with E-state index in [0.717, 1.165) is 32.4 Å². The Hall–Kier alpha value is -0.970. The van der Waals surface area contributed by atoms with Crippen LogP contribution in [0.2, 0.25) is 0 Å². The van der Waals surface area contributed by atoms with Crippen LogP contribution >= 0.6 is 0 Å². The Kier molecular flexibility index (Phi) is 8.50. The molecule has 1 aromatic carbocycles. The lowest BCUT2D eigenvalue weighted by Crippen LogP contribution is -2.38.